The van der Waals surface area contributed by atoms with Crippen LogP contribution in [0, 0.1) is 0 Å². The maximum atomic E-state index is 5.97. The quantitative estimate of drug-likeness (QED) is 0.862. The Balaban J connectivity index is 1.65. The van der Waals surface area contributed by atoms with E-state index in [4.69, 9.17) is 5.73 Å². The molecule has 1 aromatic rings. The zero-order chi connectivity index (χ0) is 13.1. The van der Waals surface area contributed by atoms with Gasteiger partial charge in [0.15, 0.2) is 0 Å². The van der Waals surface area contributed by atoms with E-state index in [2.05, 4.69) is 19.8 Å². The van der Waals surface area contributed by atoms with Gasteiger partial charge in [0.1, 0.15) is 6.33 Å². The normalized spacial score (nSPS) is 26.9. The summed E-state index contributed by atoms with van der Waals surface area (Å²) in [7, 11) is 0. The molecule has 104 valence electrons. The molecule has 0 radical (unpaired) electrons. The number of nitrogens with two attached hydrogens (primary N) is 1. The third-order valence-corrected chi connectivity index (χ3v) is 4.46. The summed E-state index contributed by atoms with van der Waals surface area (Å²) in [5.41, 5.74) is 7.02. The molecule has 2 fully saturated rings. The van der Waals surface area contributed by atoms with Crippen molar-refractivity contribution in [2.45, 2.75) is 31.3 Å². The molecule has 2 aliphatic rings. The Kier molecular flexibility index (Phi) is 4.06. The molecular weight excluding hydrogens is 238 g/mol. The van der Waals surface area contributed by atoms with Crippen LogP contribution in [-0.4, -0.2) is 58.5 Å². The molecule has 0 amide bonds. The van der Waals surface area contributed by atoms with E-state index < -0.39 is 0 Å². The smallest absolute Gasteiger partial charge is 0.115 e. The van der Waals surface area contributed by atoms with Crippen LogP contribution in [0.25, 0.3) is 0 Å². The third-order valence-electron chi connectivity index (χ3n) is 4.46. The lowest BCUT2D eigenvalue weighted by atomic mass is 10.2. The van der Waals surface area contributed by atoms with E-state index in [1.165, 1.54) is 32.4 Å². The SMILES string of the molecule is NCC(c1ccncn1)N1CCC(N2CCCC2)C1. The van der Waals surface area contributed by atoms with Gasteiger partial charge in [0.25, 0.3) is 0 Å². The molecule has 0 spiro atoms. The van der Waals surface area contributed by atoms with Crippen LogP contribution in [-0.2, 0) is 0 Å². The standard InChI is InChI=1S/C14H23N5/c15-9-14(13-3-5-16-11-17-13)19-8-4-12(10-19)18-6-1-2-7-18/h3,5,11-12,14H,1-2,4,6-10,15H2. The van der Waals surface area contributed by atoms with Gasteiger partial charge < -0.3 is 5.73 Å². The maximum Gasteiger partial charge on any atom is 0.115 e. The van der Waals surface area contributed by atoms with E-state index in [-0.39, 0.29) is 6.04 Å². The Morgan fingerprint density at radius 2 is 2.16 bits per heavy atom. The van der Waals surface area contributed by atoms with Gasteiger partial charge in [-0.25, -0.2) is 9.97 Å². The summed E-state index contributed by atoms with van der Waals surface area (Å²) in [6.45, 7) is 5.45. The number of nitrogens with zero attached hydrogens (tertiary/aromatic N) is 4. The van der Waals surface area contributed by atoms with Crippen molar-refractivity contribution in [1.82, 2.24) is 19.8 Å². The van der Waals surface area contributed by atoms with Crippen LogP contribution in [0.15, 0.2) is 18.6 Å². The molecule has 2 saturated heterocycles. The Labute approximate surface area is 114 Å². The van der Waals surface area contributed by atoms with E-state index in [1.54, 1.807) is 12.5 Å². The largest absolute Gasteiger partial charge is 0.329 e. The highest BCUT2D eigenvalue weighted by Gasteiger charge is 2.33. The zero-order valence-electron chi connectivity index (χ0n) is 11.4. The molecule has 2 N–H and O–H groups in total. The van der Waals surface area contributed by atoms with E-state index in [0.29, 0.717) is 6.54 Å². The van der Waals surface area contributed by atoms with Crippen LogP contribution < -0.4 is 5.73 Å². The lowest BCUT2D eigenvalue weighted by molar-refractivity contribution is 0.200. The fraction of sp³-hybridized carbons (Fsp3) is 0.714. The molecule has 2 unspecified atom stereocenters. The van der Waals surface area contributed by atoms with Crippen molar-refractivity contribution in [3.8, 4) is 0 Å². The number of aromatic nitrogens is 2. The van der Waals surface area contributed by atoms with Crippen molar-refractivity contribution in [2.24, 2.45) is 5.73 Å². The Bertz CT molecular complexity index is 390. The highest BCUT2D eigenvalue weighted by Crippen LogP contribution is 2.26. The first-order valence-electron chi connectivity index (χ1n) is 7.32. The molecule has 1 aromatic heterocycles. The first-order chi connectivity index (χ1) is 9.38. The topological polar surface area (TPSA) is 58.3 Å². The van der Waals surface area contributed by atoms with Crippen molar-refractivity contribution in [3.63, 3.8) is 0 Å². The summed E-state index contributed by atoms with van der Waals surface area (Å²) in [5.74, 6) is 0. The zero-order valence-corrected chi connectivity index (χ0v) is 11.4. The number of hydrogen-bond donors (Lipinski definition) is 1. The van der Waals surface area contributed by atoms with E-state index in [0.717, 1.165) is 24.8 Å². The fourth-order valence-corrected chi connectivity index (χ4v) is 3.41. The molecule has 0 bridgehead atoms. The van der Waals surface area contributed by atoms with Crippen molar-refractivity contribution in [3.05, 3.63) is 24.3 Å². The summed E-state index contributed by atoms with van der Waals surface area (Å²) < 4.78 is 0. The van der Waals surface area contributed by atoms with Crippen molar-refractivity contribution < 1.29 is 0 Å². The second kappa shape index (κ2) is 5.94. The van der Waals surface area contributed by atoms with E-state index in [1.807, 2.05) is 6.07 Å². The minimum Gasteiger partial charge on any atom is -0.329 e. The van der Waals surface area contributed by atoms with Gasteiger partial charge in [-0.1, -0.05) is 0 Å². The second-order valence-corrected chi connectivity index (χ2v) is 5.57. The van der Waals surface area contributed by atoms with Crippen molar-refractivity contribution in [2.75, 3.05) is 32.7 Å². The molecule has 5 heteroatoms. The van der Waals surface area contributed by atoms with Gasteiger partial charge in [-0.3, -0.25) is 9.80 Å². The highest BCUT2D eigenvalue weighted by atomic mass is 15.3. The van der Waals surface area contributed by atoms with Crippen LogP contribution in [0.2, 0.25) is 0 Å². The summed E-state index contributed by atoms with van der Waals surface area (Å²) in [6.07, 6.45) is 7.41. The molecule has 19 heavy (non-hydrogen) atoms. The van der Waals surface area contributed by atoms with Gasteiger partial charge in [0.05, 0.1) is 11.7 Å². The van der Waals surface area contributed by atoms with E-state index >= 15 is 0 Å². The molecule has 3 rings (SSSR count). The number of likely N-dealkylation sites (tertiary alicyclic amines) is 2. The van der Waals surface area contributed by atoms with Crippen LogP contribution in [0.5, 0.6) is 0 Å². The predicted octanol–water partition coefficient (Wildman–Crippen LogP) is 0.646. The van der Waals surface area contributed by atoms with Gasteiger partial charge in [-0.05, 0) is 38.4 Å². The Morgan fingerprint density at radius 1 is 1.32 bits per heavy atom. The van der Waals surface area contributed by atoms with Crippen molar-refractivity contribution >= 4 is 0 Å². The van der Waals surface area contributed by atoms with Gasteiger partial charge >= 0.3 is 0 Å². The van der Waals surface area contributed by atoms with Gasteiger partial charge in [0.2, 0.25) is 0 Å². The highest BCUT2D eigenvalue weighted by molar-refractivity contribution is 5.07. The van der Waals surface area contributed by atoms with Crippen LogP contribution >= 0.6 is 0 Å². The molecule has 0 saturated carbocycles. The predicted molar refractivity (Wildman–Crippen MR) is 74.6 cm³/mol. The minimum absolute atomic E-state index is 0.246. The molecule has 5 nitrogen and oxygen atoms in total. The average Bonchev–Trinajstić information content (AvgIpc) is 3.11. The fourth-order valence-electron chi connectivity index (χ4n) is 3.41. The molecular formula is C14H23N5. The molecule has 0 aliphatic carbocycles. The minimum atomic E-state index is 0.246. The number of hydrogen-bond acceptors (Lipinski definition) is 5. The Hall–Kier alpha value is -1.04. The van der Waals surface area contributed by atoms with Gasteiger partial charge in [-0.2, -0.15) is 0 Å². The van der Waals surface area contributed by atoms with Crippen LogP contribution in [0.1, 0.15) is 31.0 Å². The summed E-state index contributed by atoms with van der Waals surface area (Å²) >= 11 is 0. The lowest BCUT2D eigenvalue weighted by Gasteiger charge is -2.28. The molecule has 2 aliphatic heterocycles. The Morgan fingerprint density at radius 3 is 2.84 bits per heavy atom. The van der Waals surface area contributed by atoms with E-state index in [9.17, 15) is 0 Å². The summed E-state index contributed by atoms with van der Waals surface area (Å²) in [4.78, 5) is 13.5. The first kappa shape index (κ1) is 13.0. The monoisotopic (exact) mass is 261 g/mol. The van der Waals surface area contributed by atoms with Gasteiger partial charge in [0, 0.05) is 31.9 Å². The molecule has 3 heterocycles. The van der Waals surface area contributed by atoms with Crippen LogP contribution in [0.4, 0.5) is 0 Å². The van der Waals surface area contributed by atoms with Gasteiger partial charge in [-0.15, -0.1) is 0 Å². The summed E-state index contributed by atoms with van der Waals surface area (Å²) in [5, 5.41) is 0. The number of rotatable bonds is 4. The molecule has 2 atom stereocenters. The summed E-state index contributed by atoms with van der Waals surface area (Å²) in [6, 6.07) is 2.95. The average molecular weight is 261 g/mol. The first-order valence-corrected chi connectivity index (χ1v) is 7.32. The van der Waals surface area contributed by atoms with Crippen LogP contribution in [0.3, 0.4) is 0 Å². The third kappa shape index (κ3) is 2.78. The molecule has 0 aromatic carbocycles. The second-order valence-electron chi connectivity index (χ2n) is 5.57. The van der Waals surface area contributed by atoms with Crippen molar-refractivity contribution in [1.29, 1.82) is 0 Å². The lowest BCUT2D eigenvalue weighted by Crippen LogP contribution is -2.38. The maximum absolute atomic E-state index is 5.97.